The molecule has 0 heterocycles. The zero-order valence-electron chi connectivity index (χ0n) is 14.7. The van der Waals surface area contributed by atoms with Crippen LogP contribution in [0.5, 0.6) is 5.75 Å². The van der Waals surface area contributed by atoms with Crippen molar-refractivity contribution in [1.82, 2.24) is 0 Å². The Labute approximate surface area is 151 Å². The molecule has 2 aromatic rings. The number of rotatable bonds is 5. The van der Waals surface area contributed by atoms with E-state index in [-0.39, 0.29) is 0 Å². The van der Waals surface area contributed by atoms with Crippen LogP contribution in [-0.4, -0.2) is 6.36 Å². The van der Waals surface area contributed by atoms with Crippen LogP contribution in [0.3, 0.4) is 0 Å². The van der Waals surface area contributed by atoms with Crippen LogP contribution in [-0.2, 0) is 12.8 Å². The second kappa shape index (κ2) is 7.68. The fraction of sp³-hybridized carbons (Fsp3) is 0.429. The highest BCUT2D eigenvalue weighted by Gasteiger charge is 2.32. The van der Waals surface area contributed by atoms with Crippen LogP contribution >= 0.6 is 0 Å². The second-order valence-electron chi connectivity index (χ2n) is 6.93. The van der Waals surface area contributed by atoms with Gasteiger partial charge in [-0.25, -0.2) is 4.39 Å². The number of unbranched alkanes of at least 4 members (excludes halogenated alkanes) is 1. The van der Waals surface area contributed by atoms with E-state index in [0.29, 0.717) is 5.56 Å². The normalized spacial score (nSPS) is 17.0. The molecule has 1 nitrogen and oxygen atoms in total. The van der Waals surface area contributed by atoms with E-state index in [1.54, 1.807) is 0 Å². The lowest BCUT2D eigenvalue weighted by molar-refractivity contribution is -0.275. The number of alkyl halides is 3. The van der Waals surface area contributed by atoms with E-state index in [4.69, 9.17) is 0 Å². The Kier molecular flexibility index (Phi) is 5.54. The molecule has 1 atom stereocenters. The molecule has 0 aromatic heterocycles. The first kappa shape index (κ1) is 18.7. The van der Waals surface area contributed by atoms with Crippen LogP contribution in [0.4, 0.5) is 17.6 Å². The maximum absolute atomic E-state index is 13.9. The van der Waals surface area contributed by atoms with Gasteiger partial charge in [-0.2, -0.15) is 0 Å². The van der Waals surface area contributed by atoms with Gasteiger partial charge in [-0.15, -0.1) is 13.2 Å². The van der Waals surface area contributed by atoms with Gasteiger partial charge in [0, 0.05) is 0 Å². The molecular formula is C21H22F4O. The first-order valence-electron chi connectivity index (χ1n) is 9.03. The second-order valence-corrected chi connectivity index (χ2v) is 6.93. The molecule has 3 rings (SSSR count). The van der Waals surface area contributed by atoms with Gasteiger partial charge < -0.3 is 4.74 Å². The highest BCUT2D eigenvalue weighted by atomic mass is 19.4. The molecule has 0 saturated carbocycles. The van der Waals surface area contributed by atoms with Gasteiger partial charge in [0.2, 0.25) is 0 Å². The summed E-state index contributed by atoms with van der Waals surface area (Å²) >= 11 is 0. The summed E-state index contributed by atoms with van der Waals surface area (Å²) in [6.07, 6.45) is 2.04. The standard InChI is InChI=1S/C21H22F4O/c1-2-3-4-14-5-6-16-12-17(8-7-15(16)11-14)18-9-10-20(19(22)13-18)26-21(23,24)25/h7-10,12-14H,2-6,11H2,1H3. The predicted molar refractivity (Wildman–Crippen MR) is 93.6 cm³/mol. The predicted octanol–water partition coefficient (Wildman–Crippen LogP) is 6.69. The van der Waals surface area contributed by atoms with Crippen molar-refractivity contribution in [2.24, 2.45) is 5.92 Å². The molecule has 0 spiro atoms. The fourth-order valence-electron chi connectivity index (χ4n) is 3.64. The Morgan fingerprint density at radius 1 is 1.04 bits per heavy atom. The topological polar surface area (TPSA) is 9.23 Å². The van der Waals surface area contributed by atoms with Crippen LogP contribution in [0.15, 0.2) is 36.4 Å². The average Bonchev–Trinajstić information content (AvgIpc) is 2.60. The first-order valence-corrected chi connectivity index (χ1v) is 9.03. The Bertz CT molecular complexity index is 767. The number of fused-ring (bicyclic) bond motifs is 1. The zero-order valence-corrected chi connectivity index (χ0v) is 14.7. The maximum atomic E-state index is 13.9. The molecule has 0 bridgehead atoms. The number of hydrogen-bond acceptors (Lipinski definition) is 1. The molecule has 1 aliphatic carbocycles. The van der Waals surface area contributed by atoms with Gasteiger partial charge in [0.1, 0.15) is 0 Å². The lowest BCUT2D eigenvalue weighted by Crippen LogP contribution is -2.17. The van der Waals surface area contributed by atoms with Crippen molar-refractivity contribution < 1.29 is 22.3 Å². The minimum absolute atomic E-state index is 0.549. The fourth-order valence-corrected chi connectivity index (χ4v) is 3.64. The van der Waals surface area contributed by atoms with Crippen LogP contribution in [0.25, 0.3) is 11.1 Å². The third kappa shape index (κ3) is 4.57. The SMILES string of the molecule is CCCCC1CCc2cc(-c3ccc(OC(F)(F)F)c(F)c3)ccc2C1. The summed E-state index contributed by atoms with van der Waals surface area (Å²) in [4.78, 5) is 0. The van der Waals surface area contributed by atoms with Crippen molar-refractivity contribution in [1.29, 1.82) is 0 Å². The molecule has 140 valence electrons. The van der Waals surface area contributed by atoms with Crippen molar-refractivity contribution in [2.45, 2.75) is 51.8 Å². The Morgan fingerprint density at radius 2 is 1.77 bits per heavy atom. The summed E-state index contributed by atoms with van der Waals surface area (Å²) in [6.45, 7) is 2.20. The van der Waals surface area contributed by atoms with E-state index in [2.05, 4.69) is 17.7 Å². The minimum Gasteiger partial charge on any atom is -0.403 e. The van der Waals surface area contributed by atoms with Gasteiger partial charge in [0.25, 0.3) is 0 Å². The third-order valence-corrected chi connectivity index (χ3v) is 4.99. The van der Waals surface area contributed by atoms with E-state index in [1.807, 2.05) is 12.1 Å². The number of halogens is 4. The Morgan fingerprint density at radius 3 is 2.46 bits per heavy atom. The molecule has 1 aliphatic rings. The minimum atomic E-state index is -4.90. The van der Waals surface area contributed by atoms with Crippen molar-refractivity contribution in [3.05, 3.63) is 53.3 Å². The maximum Gasteiger partial charge on any atom is 0.573 e. The quantitative estimate of drug-likeness (QED) is 0.536. The molecule has 0 aliphatic heterocycles. The van der Waals surface area contributed by atoms with Gasteiger partial charge in [0.05, 0.1) is 0 Å². The van der Waals surface area contributed by atoms with Crippen molar-refractivity contribution in [3.8, 4) is 16.9 Å². The van der Waals surface area contributed by atoms with Gasteiger partial charge in [-0.1, -0.05) is 50.5 Å². The van der Waals surface area contributed by atoms with Gasteiger partial charge in [-0.3, -0.25) is 0 Å². The summed E-state index contributed by atoms with van der Waals surface area (Å²) in [5, 5.41) is 0. The van der Waals surface area contributed by atoms with E-state index in [9.17, 15) is 17.6 Å². The third-order valence-electron chi connectivity index (χ3n) is 4.99. The molecule has 0 amide bonds. The molecule has 26 heavy (non-hydrogen) atoms. The van der Waals surface area contributed by atoms with Gasteiger partial charge in [0.15, 0.2) is 11.6 Å². The lowest BCUT2D eigenvalue weighted by Gasteiger charge is -2.25. The highest BCUT2D eigenvalue weighted by molar-refractivity contribution is 5.66. The van der Waals surface area contributed by atoms with E-state index >= 15 is 0 Å². The summed E-state index contributed by atoms with van der Waals surface area (Å²) in [5.74, 6) is -1.10. The molecule has 2 aromatic carbocycles. The summed E-state index contributed by atoms with van der Waals surface area (Å²) in [7, 11) is 0. The molecule has 0 radical (unpaired) electrons. The molecule has 0 fully saturated rings. The number of aryl methyl sites for hydroxylation is 1. The van der Waals surface area contributed by atoms with Gasteiger partial charge >= 0.3 is 6.36 Å². The van der Waals surface area contributed by atoms with Crippen LogP contribution in [0.2, 0.25) is 0 Å². The monoisotopic (exact) mass is 366 g/mol. The number of hydrogen-bond donors (Lipinski definition) is 0. The molecule has 0 saturated heterocycles. The largest absolute Gasteiger partial charge is 0.573 e. The molecular weight excluding hydrogens is 344 g/mol. The zero-order chi connectivity index (χ0) is 18.7. The molecule has 0 N–H and O–H groups in total. The number of ether oxygens (including phenoxy) is 1. The lowest BCUT2D eigenvalue weighted by atomic mass is 9.80. The summed E-state index contributed by atoms with van der Waals surface area (Å²) in [6, 6.07) is 9.60. The van der Waals surface area contributed by atoms with Crippen molar-refractivity contribution in [2.75, 3.05) is 0 Å². The Hall–Kier alpha value is -2.04. The van der Waals surface area contributed by atoms with E-state index in [0.717, 1.165) is 42.9 Å². The molecule has 1 unspecified atom stereocenters. The number of benzene rings is 2. The summed E-state index contributed by atoms with van der Waals surface area (Å²) < 4.78 is 54.4. The van der Waals surface area contributed by atoms with E-state index in [1.165, 1.54) is 36.5 Å². The van der Waals surface area contributed by atoms with Gasteiger partial charge in [-0.05, 0) is 59.6 Å². The van der Waals surface area contributed by atoms with Crippen molar-refractivity contribution >= 4 is 0 Å². The average molecular weight is 366 g/mol. The Balaban J connectivity index is 1.78. The van der Waals surface area contributed by atoms with Crippen LogP contribution in [0, 0.1) is 11.7 Å². The first-order chi connectivity index (χ1) is 12.4. The summed E-state index contributed by atoms with van der Waals surface area (Å²) in [5.41, 5.74) is 3.95. The van der Waals surface area contributed by atoms with Crippen LogP contribution in [0.1, 0.15) is 43.7 Å². The smallest absolute Gasteiger partial charge is 0.403 e. The van der Waals surface area contributed by atoms with E-state index < -0.39 is 17.9 Å². The molecule has 5 heteroatoms. The van der Waals surface area contributed by atoms with Crippen LogP contribution < -0.4 is 4.74 Å². The van der Waals surface area contributed by atoms with Crippen molar-refractivity contribution in [3.63, 3.8) is 0 Å². The highest BCUT2D eigenvalue weighted by Crippen LogP contribution is 2.34.